The number of likely N-dealkylation sites (N-methyl/N-ethyl adjacent to an activating group) is 1. The minimum Gasteiger partial charge on any atom is -0.324 e. The molecular weight excluding hydrogens is 630 g/mol. The normalized spacial score (nSPS) is 12.9. The zero-order chi connectivity index (χ0) is 33.0. The summed E-state index contributed by atoms with van der Waals surface area (Å²) in [5.41, 5.74) is 2.13. The standard InChI is InChI=1S/C29H32F5N2O6PS/c1-4-5-6-18(2)21-11-7-19(8-12-21)15-36(22-13-9-20(10-14-22)17-43(38,39)40)23(37)16-35(3)44(41,42)29-27(33)25(31)24(30)26(32)28(29)34/h7-14,18H,4-6,15-17H2,1-3H3,(H2,38,39,40). The SMILES string of the molecule is CCCCC(C)c1ccc(CN(C(=O)CN(C)S(=O)(=O)c2c(F)c(F)c(F)c(F)c2F)c2ccc(CP(=O)(O)O)cc2)cc1. The highest BCUT2D eigenvalue weighted by molar-refractivity contribution is 7.89. The highest BCUT2D eigenvalue weighted by atomic mass is 32.2. The van der Waals surface area contributed by atoms with Crippen molar-refractivity contribution in [3.05, 3.63) is 94.3 Å². The zero-order valence-corrected chi connectivity index (χ0v) is 25.8. The van der Waals surface area contributed by atoms with Gasteiger partial charge < -0.3 is 14.7 Å². The average Bonchev–Trinajstić information content (AvgIpc) is 2.96. The number of hydrogen-bond acceptors (Lipinski definition) is 4. The number of hydrogen-bond donors (Lipinski definition) is 2. The minimum atomic E-state index is -5.39. The van der Waals surface area contributed by atoms with Crippen molar-refractivity contribution in [3.8, 4) is 0 Å². The van der Waals surface area contributed by atoms with Crippen molar-refractivity contribution in [2.24, 2.45) is 0 Å². The number of rotatable bonds is 13. The first-order chi connectivity index (χ1) is 20.5. The number of nitrogens with zero attached hydrogens (tertiary/aromatic N) is 2. The van der Waals surface area contributed by atoms with E-state index in [2.05, 4.69) is 13.8 Å². The molecule has 0 heterocycles. The van der Waals surface area contributed by atoms with Gasteiger partial charge in [0, 0.05) is 12.7 Å². The van der Waals surface area contributed by atoms with Crippen molar-refractivity contribution in [3.63, 3.8) is 0 Å². The lowest BCUT2D eigenvalue weighted by atomic mass is 9.95. The van der Waals surface area contributed by atoms with Crippen LogP contribution < -0.4 is 4.90 Å². The Morgan fingerprint density at radius 1 is 0.864 bits per heavy atom. The van der Waals surface area contributed by atoms with E-state index in [1.165, 1.54) is 24.3 Å². The molecular formula is C29H32F5N2O6PS. The third-order valence-corrected chi connectivity index (χ3v) is 9.61. The predicted molar refractivity (Wildman–Crippen MR) is 154 cm³/mol. The number of benzene rings is 3. The Bertz CT molecular complexity index is 1620. The van der Waals surface area contributed by atoms with Crippen LogP contribution in [-0.2, 0) is 32.1 Å². The van der Waals surface area contributed by atoms with Crippen molar-refractivity contribution >= 4 is 29.2 Å². The highest BCUT2D eigenvalue weighted by Gasteiger charge is 2.37. The molecule has 1 amide bonds. The average molecular weight is 663 g/mol. The van der Waals surface area contributed by atoms with Crippen molar-refractivity contribution in [2.45, 2.75) is 56.6 Å². The topological polar surface area (TPSA) is 115 Å². The van der Waals surface area contributed by atoms with Gasteiger partial charge in [-0.2, -0.15) is 4.31 Å². The van der Waals surface area contributed by atoms with Crippen molar-refractivity contribution in [1.82, 2.24) is 4.31 Å². The Labute approximate surface area is 252 Å². The number of halogens is 5. The lowest BCUT2D eigenvalue weighted by Crippen LogP contribution is -2.41. The maximum Gasteiger partial charge on any atom is 0.329 e. The second-order valence-electron chi connectivity index (χ2n) is 10.4. The van der Waals surface area contributed by atoms with Gasteiger partial charge in [0.2, 0.25) is 21.7 Å². The molecule has 0 aliphatic rings. The van der Waals surface area contributed by atoms with Gasteiger partial charge in [0.05, 0.1) is 19.3 Å². The Morgan fingerprint density at radius 2 is 1.36 bits per heavy atom. The largest absolute Gasteiger partial charge is 0.329 e. The first kappa shape index (κ1) is 35.3. The van der Waals surface area contributed by atoms with Gasteiger partial charge in [-0.05, 0) is 41.2 Å². The van der Waals surface area contributed by atoms with Gasteiger partial charge in [-0.15, -0.1) is 0 Å². The molecule has 1 unspecified atom stereocenters. The number of unbranched alkanes of at least 4 members (excludes halogenated alkanes) is 1. The van der Waals surface area contributed by atoms with Gasteiger partial charge in [-0.1, -0.05) is 63.1 Å². The monoisotopic (exact) mass is 662 g/mol. The summed E-state index contributed by atoms with van der Waals surface area (Å²) in [6.45, 7) is 3.00. The van der Waals surface area contributed by atoms with Crippen LogP contribution in [-0.4, -0.2) is 42.0 Å². The third kappa shape index (κ3) is 8.30. The zero-order valence-electron chi connectivity index (χ0n) is 24.1. The van der Waals surface area contributed by atoms with Crippen LogP contribution in [0.15, 0.2) is 53.4 Å². The summed E-state index contributed by atoms with van der Waals surface area (Å²) in [4.78, 5) is 31.1. The lowest BCUT2D eigenvalue weighted by Gasteiger charge is -2.26. The number of amides is 1. The van der Waals surface area contributed by atoms with Crippen molar-refractivity contribution in [1.29, 1.82) is 0 Å². The van der Waals surface area contributed by atoms with Crippen LogP contribution in [0.2, 0.25) is 0 Å². The van der Waals surface area contributed by atoms with E-state index in [-0.39, 0.29) is 28.0 Å². The molecule has 1 atom stereocenters. The molecule has 8 nitrogen and oxygen atoms in total. The summed E-state index contributed by atoms with van der Waals surface area (Å²) in [6.07, 6.45) is 2.50. The predicted octanol–water partition coefficient (Wildman–Crippen LogP) is 6.21. The number of carbonyl (C=O) groups excluding carboxylic acids is 1. The Hall–Kier alpha value is -3.16. The molecule has 0 spiro atoms. The summed E-state index contributed by atoms with van der Waals surface area (Å²) < 4.78 is 107. The van der Waals surface area contributed by atoms with E-state index in [0.717, 1.165) is 36.8 Å². The van der Waals surface area contributed by atoms with Crippen LogP contribution in [0.3, 0.4) is 0 Å². The van der Waals surface area contributed by atoms with Crippen LogP contribution in [0, 0.1) is 29.1 Å². The summed E-state index contributed by atoms with van der Waals surface area (Å²) in [6, 6.07) is 12.8. The summed E-state index contributed by atoms with van der Waals surface area (Å²) >= 11 is 0. The van der Waals surface area contributed by atoms with E-state index >= 15 is 0 Å². The maximum absolute atomic E-state index is 14.3. The van der Waals surface area contributed by atoms with Crippen LogP contribution in [0.4, 0.5) is 27.6 Å². The molecule has 44 heavy (non-hydrogen) atoms. The minimum absolute atomic E-state index is 0.114. The second kappa shape index (κ2) is 14.3. The quantitative estimate of drug-likeness (QED) is 0.0974. The van der Waals surface area contributed by atoms with E-state index in [4.69, 9.17) is 0 Å². The van der Waals surface area contributed by atoms with E-state index < -0.39 is 70.2 Å². The van der Waals surface area contributed by atoms with E-state index in [1.807, 2.05) is 12.1 Å². The van der Waals surface area contributed by atoms with Gasteiger partial charge in [-0.3, -0.25) is 9.36 Å². The van der Waals surface area contributed by atoms with Crippen LogP contribution in [0.1, 0.15) is 55.7 Å². The van der Waals surface area contributed by atoms with Crippen molar-refractivity contribution in [2.75, 3.05) is 18.5 Å². The van der Waals surface area contributed by atoms with Gasteiger partial charge in [-0.25, -0.2) is 30.4 Å². The first-order valence-corrected chi connectivity index (χ1v) is 16.7. The Balaban J connectivity index is 1.95. The Morgan fingerprint density at radius 3 is 1.86 bits per heavy atom. The lowest BCUT2D eigenvalue weighted by molar-refractivity contribution is -0.118. The molecule has 0 aliphatic heterocycles. The van der Waals surface area contributed by atoms with Crippen LogP contribution in [0.25, 0.3) is 0 Å². The summed E-state index contributed by atoms with van der Waals surface area (Å²) in [7, 11) is -9.04. The molecule has 0 saturated carbocycles. The second-order valence-corrected chi connectivity index (χ2v) is 14.0. The van der Waals surface area contributed by atoms with Gasteiger partial charge >= 0.3 is 7.60 Å². The molecule has 3 aromatic carbocycles. The fourth-order valence-electron chi connectivity index (χ4n) is 4.48. The van der Waals surface area contributed by atoms with Gasteiger partial charge in [0.25, 0.3) is 0 Å². The fraction of sp³-hybridized carbons (Fsp3) is 0.345. The molecule has 240 valence electrons. The fourth-order valence-corrected chi connectivity index (χ4v) is 6.39. The molecule has 0 fully saturated rings. The van der Waals surface area contributed by atoms with E-state index in [1.54, 1.807) is 12.1 Å². The smallest absolute Gasteiger partial charge is 0.324 e. The van der Waals surface area contributed by atoms with Crippen LogP contribution >= 0.6 is 7.60 Å². The highest BCUT2D eigenvalue weighted by Crippen LogP contribution is 2.39. The van der Waals surface area contributed by atoms with Crippen LogP contribution in [0.5, 0.6) is 0 Å². The Kier molecular flexibility index (Phi) is 11.5. The summed E-state index contributed by atoms with van der Waals surface area (Å²) in [5.74, 6) is -13.2. The molecule has 0 bridgehead atoms. The molecule has 3 rings (SSSR count). The van der Waals surface area contributed by atoms with Gasteiger partial charge in [0.1, 0.15) is 0 Å². The van der Waals surface area contributed by atoms with E-state index in [9.17, 15) is 49.5 Å². The molecule has 0 aromatic heterocycles. The van der Waals surface area contributed by atoms with E-state index in [0.29, 0.717) is 5.56 Å². The number of sulfonamides is 1. The molecule has 3 aromatic rings. The first-order valence-electron chi connectivity index (χ1n) is 13.5. The summed E-state index contributed by atoms with van der Waals surface area (Å²) in [5, 5.41) is 0. The van der Waals surface area contributed by atoms with Gasteiger partial charge in [0.15, 0.2) is 28.2 Å². The molecule has 2 N–H and O–H groups in total. The number of anilines is 1. The third-order valence-electron chi connectivity index (χ3n) is 7.01. The van der Waals surface area contributed by atoms with Crippen molar-refractivity contribution < 1.29 is 49.5 Å². The maximum atomic E-state index is 14.3. The molecule has 0 radical (unpaired) electrons. The molecule has 0 saturated heterocycles. The molecule has 0 aliphatic carbocycles. The number of carbonyl (C=O) groups is 1. The molecule has 15 heteroatoms.